The summed E-state index contributed by atoms with van der Waals surface area (Å²) in [6.07, 6.45) is -1.84. The first kappa shape index (κ1) is 20.2. The summed E-state index contributed by atoms with van der Waals surface area (Å²) in [5, 5.41) is 27.7. The van der Waals surface area contributed by atoms with Crippen molar-refractivity contribution in [2.24, 2.45) is 0 Å². The van der Waals surface area contributed by atoms with Gasteiger partial charge in [-0.1, -0.05) is 27.7 Å². The van der Waals surface area contributed by atoms with E-state index in [4.69, 9.17) is 0 Å². The Hall–Kier alpha value is -1.80. The van der Waals surface area contributed by atoms with Crippen LogP contribution in [0.3, 0.4) is 0 Å². The summed E-state index contributed by atoms with van der Waals surface area (Å²) in [4.78, 5) is 18.5. The predicted molar refractivity (Wildman–Crippen MR) is 90.7 cm³/mol. The van der Waals surface area contributed by atoms with Gasteiger partial charge in [0.2, 0.25) is 5.95 Å². The molecular formula is C14H29N5O3. The van der Waals surface area contributed by atoms with Crippen molar-refractivity contribution in [3.8, 4) is 0 Å². The van der Waals surface area contributed by atoms with Crippen molar-refractivity contribution in [1.82, 2.24) is 9.97 Å². The highest BCUT2D eigenvalue weighted by molar-refractivity contribution is 5.67. The van der Waals surface area contributed by atoms with Gasteiger partial charge in [-0.15, -0.1) is 0 Å². The summed E-state index contributed by atoms with van der Waals surface area (Å²) in [5.41, 5.74) is -0.0655. The largest absolute Gasteiger partial charge is 0.391 e. The summed E-state index contributed by atoms with van der Waals surface area (Å²) in [7, 11) is 1.65. The Balaban J connectivity index is 0.00000102. The van der Waals surface area contributed by atoms with Gasteiger partial charge in [0.1, 0.15) is 11.8 Å². The SMILES string of the molecule is CC.CC.CNc1nc2c(c(=O)[nH]1)N[C@@H]([C@@H](O)[C@H](C)O)CN2. The lowest BCUT2D eigenvalue weighted by Gasteiger charge is -2.31. The maximum atomic E-state index is 11.8. The van der Waals surface area contributed by atoms with Crippen molar-refractivity contribution in [2.75, 3.05) is 29.5 Å². The molecule has 0 radical (unpaired) electrons. The number of aromatic nitrogens is 2. The number of aromatic amines is 1. The first-order chi connectivity index (χ1) is 10.5. The van der Waals surface area contributed by atoms with E-state index in [0.717, 1.165) is 0 Å². The van der Waals surface area contributed by atoms with Gasteiger partial charge in [-0.25, -0.2) is 0 Å². The Kier molecular flexibility index (Phi) is 9.20. The Morgan fingerprint density at radius 3 is 2.36 bits per heavy atom. The molecule has 0 bridgehead atoms. The molecule has 8 heteroatoms. The fraction of sp³-hybridized carbons (Fsp3) is 0.714. The van der Waals surface area contributed by atoms with Crippen LogP contribution in [-0.2, 0) is 0 Å². The number of H-pyrrole nitrogens is 1. The van der Waals surface area contributed by atoms with Crippen molar-refractivity contribution in [3.05, 3.63) is 10.4 Å². The molecule has 1 aromatic heterocycles. The van der Waals surface area contributed by atoms with Crippen LogP contribution in [-0.4, -0.2) is 52.0 Å². The van der Waals surface area contributed by atoms with Gasteiger partial charge >= 0.3 is 0 Å². The minimum Gasteiger partial charge on any atom is -0.391 e. The molecule has 22 heavy (non-hydrogen) atoms. The van der Waals surface area contributed by atoms with E-state index in [1.807, 2.05) is 27.7 Å². The molecule has 8 nitrogen and oxygen atoms in total. The van der Waals surface area contributed by atoms with Crippen LogP contribution in [0.1, 0.15) is 34.6 Å². The maximum absolute atomic E-state index is 11.8. The molecule has 1 aliphatic rings. The molecule has 1 aliphatic heterocycles. The van der Waals surface area contributed by atoms with E-state index < -0.39 is 18.2 Å². The van der Waals surface area contributed by atoms with Crippen molar-refractivity contribution in [3.63, 3.8) is 0 Å². The van der Waals surface area contributed by atoms with Gasteiger partial charge in [-0.2, -0.15) is 4.98 Å². The number of fused-ring (bicyclic) bond motifs is 1. The number of hydrogen-bond donors (Lipinski definition) is 6. The molecule has 0 saturated carbocycles. The normalized spacial score (nSPS) is 17.9. The van der Waals surface area contributed by atoms with E-state index in [1.54, 1.807) is 7.05 Å². The fourth-order valence-corrected chi connectivity index (χ4v) is 1.84. The van der Waals surface area contributed by atoms with E-state index in [2.05, 4.69) is 25.9 Å². The van der Waals surface area contributed by atoms with Crippen molar-refractivity contribution < 1.29 is 10.2 Å². The smallest absolute Gasteiger partial charge is 0.277 e. The lowest BCUT2D eigenvalue weighted by molar-refractivity contribution is 0.0214. The molecule has 0 aliphatic carbocycles. The molecule has 0 saturated heterocycles. The van der Waals surface area contributed by atoms with Crippen LogP contribution >= 0.6 is 0 Å². The van der Waals surface area contributed by atoms with Crippen LogP contribution in [0.5, 0.6) is 0 Å². The summed E-state index contributed by atoms with van der Waals surface area (Å²) in [5.74, 6) is 0.791. The average Bonchev–Trinajstić information content (AvgIpc) is 2.57. The second kappa shape index (κ2) is 10.0. The third-order valence-corrected chi connectivity index (χ3v) is 2.88. The molecule has 0 unspecified atom stereocenters. The zero-order chi connectivity index (χ0) is 17.3. The second-order valence-corrected chi connectivity index (χ2v) is 4.25. The standard InChI is InChI=1S/C10H17N5O3.2C2H6/c1-4(16)7(17)5-3-12-8-6(13-5)9(18)15-10(11-2)14-8;2*1-2/h4-5,7,13,16-17H,3H2,1-2H3,(H3,11,12,14,15,18);2*1-2H3/t4-,5+,7-;;/m0../s1. The topological polar surface area (TPSA) is 122 Å². The number of rotatable bonds is 3. The molecule has 0 amide bonds. The van der Waals surface area contributed by atoms with Gasteiger partial charge in [-0.05, 0) is 6.92 Å². The Labute approximate surface area is 131 Å². The van der Waals surface area contributed by atoms with Crippen LogP contribution in [0.4, 0.5) is 17.5 Å². The molecule has 0 aromatic carbocycles. The molecule has 0 spiro atoms. The minimum atomic E-state index is -0.964. The lowest BCUT2D eigenvalue weighted by Crippen LogP contribution is -2.48. The zero-order valence-electron chi connectivity index (χ0n) is 14.2. The lowest BCUT2D eigenvalue weighted by atomic mass is 10.0. The Morgan fingerprint density at radius 2 is 1.86 bits per heavy atom. The third kappa shape index (κ3) is 4.88. The van der Waals surface area contributed by atoms with E-state index >= 15 is 0 Å². The van der Waals surface area contributed by atoms with E-state index in [1.165, 1.54) is 6.92 Å². The Bertz CT molecular complexity index is 490. The average molecular weight is 315 g/mol. The number of aliphatic hydroxyl groups excluding tert-OH is 2. The van der Waals surface area contributed by atoms with E-state index in [0.29, 0.717) is 18.3 Å². The van der Waals surface area contributed by atoms with E-state index in [9.17, 15) is 15.0 Å². The van der Waals surface area contributed by atoms with Crippen molar-refractivity contribution >= 4 is 17.5 Å². The van der Waals surface area contributed by atoms with Crippen LogP contribution in [0.15, 0.2) is 4.79 Å². The maximum Gasteiger partial charge on any atom is 0.277 e. The molecule has 2 heterocycles. The second-order valence-electron chi connectivity index (χ2n) is 4.25. The van der Waals surface area contributed by atoms with Crippen LogP contribution in [0.25, 0.3) is 0 Å². The van der Waals surface area contributed by atoms with E-state index in [-0.39, 0.29) is 11.2 Å². The van der Waals surface area contributed by atoms with Gasteiger partial charge in [0.05, 0.1) is 12.1 Å². The first-order valence-corrected chi connectivity index (χ1v) is 7.71. The van der Waals surface area contributed by atoms with Gasteiger partial charge in [0.15, 0.2) is 5.82 Å². The predicted octanol–water partition coefficient (Wildman–Crippen LogP) is 0.812. The van der Waals surface area contributed by atoms with Gasteiger partial charge in [0.25, 0.3) is 5.56 Å². The number of nitrogens with one attached hydrogen (secondary N) is 4. The van der Waals surface area contributed by atoms with Crippen molar-refractivity contribution in [2.45, 2.75) is 52.9 Å². The Morgan fingerprint density at radius 1 is 1.27 bits per heavy atom. The molecule has 1 aromatic rings. The summed E-state index contributed by atoms with van der Waals surface area (Å²) in [6.45, 7) is 9.87. The molecular weight excluding hydrogens is 286 g/mol. The highest BCUT2D eigenvalue weighted by atomic mass is 16.3. The van der Waals surface area contributed by atoms with Gasteiger partial charge in [-0.3, -0.25) is 9.78 Å². The molecule has 0 fully saturated rings. The van der Waals surface area contributed by atoms with Gasteiger partial charge < -0.3 is 26.2 Å². The molecule has 2 rings (SSSR count). The molecule has 6 N–H and O–H groups in total. The highest BCUT2D eigenvalue weighted by Gasteiger charge is 2.29. The zero-order valence-corrected chi connectivity index (χ0v) is 14.2. The number of anilines is 3. The first-order valence-electron chi connectivity index (χ1n) is 7.71. The van der Waals surface area contributed by atoms with Crippen LogP contribution in [0, 0.1) is 0 Å². The number of aliphatic hydroxyl groups is 2. The monoisotopic (exact) mass is 315 g/mol. The van der Waals surface area contributed by atoms with Crippen molar-refractivity contribution in [1.29, 1.82) is 0 Å². The quantitative estimate of drug-likeness (QED) is 0.488. The molecule has 128 valence electrons. The minimum absolute atomic E-state index is 0.268. The summed E-state index contributed by atoms with van der Waals surface area (Å²) >= 11 is 0. The van der Waals surface area contributed by atoms with Crippen LogP contribution in [0.2, 0.25) is 0 Å². The number of hydrogen-bond acceptors (Lipinski definition) is 7. The fourth-order valence-electron chi connectivity index (χ4n) is 1.84. The number of nitrogens with zero attached hydrogens (tertiary/aromatic N) is 1. The van der Waals surface area contributed by atoms with Gasteiger partial charge in [0, 0.05) is 13.6 Å². The summed E-state index contributed by atoms with van der Waals surface area (Å²) in [6, 6.07) is -0.444. The van der Waals surface area contributed by atoms with Crippen LogP contribution < -0.4 is 21.5 Å². The molecule has 3 atom stereocenters. The highest BCUT2D eigenvalue weighted by Crippen LogP contribution is 2.22. The third-order valence-electron chi connectivity index (χ3n) is 2.88. The summed E-state index contributed by atoms with van der Waals surface area (Å²) < 4.78 is 0.